The molecule has 7 heteroatoms. The van der Waals surface area contributed by atoms with E-state index in [0.717, 1.165) is 25.9 Å². The number of fused-ring (bicyclic) bond motifs is 1. The first-order chi connectivity index (χ1) is 13.5. The van der Waals surface area contributed by atoms with Gasteiger partial charge in [-0.25, -0.2) is 9.78 Å². The van der Waals surface area contributed by atoms with Crippen molar-refractivity contribution in [2.45, 2.75) is 25.8 Å². The minimum atomic E-state index is -0.353. The Kier molecular flexibility index (Phi) is 5.58. The molecule has 2 aromatic carbocycles. The van der Waals surface area contributed by atoms with Crippen molar-refractivity contribution in [3.8, 4) is 11.5 Å². The third-order valence-electron chi connectivity index (χ3n) is 5.05. The van der Waals surface area contributed by atoms with Gasteiger partial charge in [-0.1, -0.05) is 30.1 Å². The minimum absolute atomic E-state index is 0.308. The van der Waals surface area contributed by atoms with Crippen molar-refractivity contribution in [3.05, 3.63) is 52.0 Å². The number of rotatable bonds is 5. The Morgan fingerprint density at radius 3 is 2.79 bits per heavy atom. The summed E-state index contributed by atoms with van der Waals surface area (Å²) >= 11 is 12.1. The van der Waals surface area contributed by atoms with Crippen LogP contribution in [0.2, 0.25) is 10.0 Å². The smallest absolute Gasteiger partial charge is 0.338 e. The van der Waals surface area contributed by atoms with Crippen molar-refractivity contribution in [1.29, 1.82) is 0 Å². The number of benzene rings is 2. The van der Waals surface area contributed by atoms with E-state index >= 15 is 0 Å². The molecule has 1 atom stereocenters. The Balaban J connectivity index is 1.52. The molecule has 1 unspecified atom stereocenters. The van der Waals surface area contributed by atoms with Crippen LogP contribution < -0.4 is 0 Å². The number of halogens is 2. The quantitative estimate of drug-likeness (QED) is 0.516. The van der Waals surface area contributed by atoms with E-state index in [1.165, 1.54) is 0 Å². The third kappa shape index (κ3) is 4.02. The zero-order chi connectivity index (χ0) is 19.7. The fraction of sp³-hybridized carbons (Fsp3) is 0.333. The van der Waals surface area contributed by atoms with Gasteiger partial charge in [-0.15, -0.1) is 0 Å². The number of hydrogen-bond acceptors (Lipinski definition) is 5. The molecule has 0 bridgehead atoms. The van der Waals surface area contributed by atoms with Crippen molar-refractivity contribution in [3.63, 3.8) is 0 Å². The molecule has 5 nitrogen and oxygen atoms in total. The average molecular weight is 419 g/mol. The summed E-state index contributed by atoms with van der Waals surface area (Å²) in [6.45, 7) is 4.58. The van der Waals surface area contributed by atoms with Gasteiger partial charge in [0.05, 0.1) is 5.56 Å². The molecule has 1 fully saturated rings. The first-order valence-corrected chi connectivity index (χ1v) is 10.1. The van der Waals surface area contributed by atoms with Gasteiger partial charge < -0.3 is 9.15 Å². The lowest BCUT2D eigenvalue weighted by atomic mass is 10.2. The molecule has 1 saturated heterocycles. The lowest BCUT2D eigenvalue weighted by Crippen LogP contribution is -2.33. The number of likely N-dealkylation sites (N-methyl/N-ethyl adjacent to an activating group) is 1. The molecule has 0 N–H and O–H groups in total. The van der Waals surface area contributed by atoms with E-state index in [1.807, 2.05) is 0 Å². The van der Waals surface area contributed by atoms with Gasteiger partial charge in [0.25, 0.3) is 0 Å². The second-order valence-corrected chi connectivity index (χ2v) is 7.76. The van der Waals surface area contributed by atoms with Gasteiger partial charge in [0, 0.05) is 21.7 Å². The Labute approximate surface area is 173 Å². The number of oxazole rings is 1. The summed E-state index contributed by atoms with van der Waals surface area (Å²) in [7, 11) is 0. The molecule has 0 spiro atoms. The van der Waals surface area contributed by atoms with E-state index in [0.29, 0.717) is 50.8 Å². The van der Waals surface area contributed by atoms with E-state index in [1.54, 1.807) is 36.4 Å². The van der Waals surface area contributed by atoms with Crippen LogP contribution in [-0.2, 0) is 4.74 Å². The number of aromatic nitrogens is 1. The summed E-state index contributed by atoms with van der Waals surface area (Å²) in [5.41, 5.74) is 2.28. The van der Waals surface area contributed by atoms with Gasteiger partial charge in [0.1, 0.15) is 12.1 Å². The number of esters is 1. The Morgan fingerprint density at radius 2 is 2.04 bits per heavy atom. The van der Waals surface area contributed by atoms with Crippen LogP contribution in [0.4, 0.5) is 0 Å². The molecule has 146 valence electrons. The van der Waals surface area contributed by atoms with Crippen molar-refractivity contribution in [1.82, 2.24) is 9.88 Å². The summed E-state index contributed by atoms with van der Waals surface area (Å²) in [5.74, 6) is 0.0445. The highest BCUT2D eigenvalue weighted by Crippen LogP contribution is 2.29. The number of nitrogens with zero attached hydrogens (tertiary/aromatic N) is 2. The molecule has 1 aliphatic rings. The normalized spacial score (nSPS) is 17.3. The van der Waals surface area contributed by atoms with Crippen molar-refractivity contribution in [2.75, 3.05) is 19.7 Å². The predicted octanol–water partition coefficient (Wildman–Crippen LogP) is 5.44. The number of hydrogen-bond donors (Lipinski definition) is 0. The number of likely N-dealkylation sites (tertiary alicyclic amines) is 1. The van der Waals surface area contributed by atoms with Crippen LogP contribution >= 0.6 is 23.2 Å². The Hall–Kier alpha value is -2.08. The fourth-order valence-electron chi connectivity index (χ4n) is 3.61. The van der Waals surface area contributed by atoms with Crippen molar-refractivity contribution < 1.29 is 13.9 Å². The van der Waals surface area contributed by atoms with Gasteiger partial charge in [0.2, 0.25) is 5.89 Å². The highest BCUT2D eigenvalue weighted by atomic mass is 35.5. The number of carbonyl (C=O) groups excluding carboxylic acids is 1. The van der Waals surface area contributed by atoms with Crippen LogP contribution in [0.3, 0.4) is 0 Å². The van der Waals surface area contributed by atoms with E-state index < -0.39 is 0 Å². The van der Waals surface area contributed by atoms with E-state index in [4.69, 9.17) is 32.4 Å². The van der Waals surface area contributed by atoms with E-state index in [9.17, 15) is 4.79 Å². The second kappa shape index (κ2) is 8.11. The molecule has 28 heavy (non-hydrogen) atoms. The third-order valence-corrected chi connectivity index (χ3v) is 5.48. The Morgan fingerprint density at radius 1 is 1.25 bits per heavy atom. The first-order valence-electron chi connectivity index (χ1n) is 9.31. The van der Waals surface area contributed by atoms with E-state index in [-0.39, 0.29) is 5.97 Å². The van der Waals surface area contributed by atoms with Crippen molar-refractivity contribution >= 4 is 40.3 Å². The highest BCUT2D eigenvalue weighted by molar-refractivity contribution is 6.35. The average Bonchev–Trinajstić information content (AvgIpc) is 3.30. The molecule has 0 aliphatic carbocycles. The van der Waals surface area contributed by atoms with Crippen molar-refractivity contribution in [2.24, 2.45) is 0 Å². The standard InChI is InChI=1S/C21H20Cl2N2O3/c1-2-25-7-3-4-17(25)12-27-21(26)13-5-6-18-19(10-13)28-20(24-18)14-8-15(22)11-16(23)9-14/h5-6,8-11,17H,2-4,7,12H2,1H3. The maximum atomic E-state index is 12.5. The highest BCUT2D eigenvalue weighted by Gasteiger charge is 2.24. The van der Waals surface area contributed by atoms with Crippen LogP contribution in [0.25, 0.3) is 22.6 Å². The maximum Gasteiger partial charge on any atom is 0.338 e. The molecule has 2 heterocycles. The summed E-state index contributed by atoms with van der Waals surface area (Å²) in [6, 6.07) is 10.5. The van der Waals surface area contributed by atoms with Crippen LogP contribution in [0, 0.1) is 0 Å². The lowest BCUT2D eigenvalue weighted by molar-refractivity contribution is 0.0401. The predicted molar refractivity (Wildman–Crippen MR) is 110 cm³/mol. The summed E-state index contributed by atoms with van der Waals surface area (Å²) in [5, 5.41) is 1.00. The molecule has 3 aromatic rings. The Bertz CT molecular complexity index is 998. The molecule has 0 amide bonds. The monoisotopic (exact) mass is 418 g/mol. The van der Waals surface area contributed by atoms with Gasteiger partial charge in [-0.05, 0) is 62.3 Å². The van der Waals surface area contributed by atoms with Crippen LogP contribution in [0.5, 0.6) is 0 Å². The molecule has 4 rings (SSSR count). The topological polar surface area (TPSA) is 55.6 Å². The summed E-state index contributed by atoms with van der Waals surface area (Å²) in [4.78, 5) is 19.3. The van der Waals surface area contributed by atoms with Crippen LogP contribution in [0.1, 0.15) is 30.1 Å². The molecule has 1 aliphatic heterocycles. The van der Waals surface area contributed by atoms with Gasteiger partial charge in [-0.2, -0.15) is 0 Å². The van der Waals surface area contributed by atoms with Gasteiger partial charge in [-0.3, -0.25) is 4.90 Å². The van der Waals surface area contributed by atoms with Gasteiger partial charge >= 0.3 is 5.97 Å². The zero-order valence-electron chi connectivity index (χ0n) is 15.5. The van der Waals surface area contributed by atoms with Gasteiger partial charge in [0.15, 0.2) is 5.58 Å². The molecular weight excluding hydrogens is 399 g/mol. The molecular formula is C21H20Cl2N2O3. The minimum Gasteiger partial charge on any atom is -0.460 e. The zero-order valence-corrected chi connectivity index (χ0v) is 17.0. The van der Waals surface area contributed by atoms with Crippen LogP contribution in [-0.4, -0.2) is 41.6 Å². The summed E-state index contributed by atoms with van der Waals surface area (Å²) < 4.78 is 11.4. The van der Waals surface area contributed by atoms with Crippen LogP contribution in [0.15, 0.2) is 40.8 Å². The first kappa shape index (κ1) is 19.2. The second-order valence-electron chi connectivity index (χ2n) is 6.88. The molecule has 0 saturated carbocycles. The van der Waals surface area contributed by atoms with E-state index in [2.05, 4.69) is 16.8 Å². The lowest BCUT2D eigenvalue weighted by Gasteiger charge is -2.22. The largest absolute Gasteiger partial charge is 0.460 e. The number of carbonyl (C=O) groups is 1. The molecule has 1 aromatic heterocycles. The maximum absolute atomic E-state index is 12.5. The summed E-state index contributed by atoms with van der Waals surface area (Å²) in [6.07, 6.45) is 2.21. The SMILES string of the molecule is CCN1CCCC1COC(=O)c1ccc2nc(-c3cc(Cl)cc(Cl)c3)oc2c1. The number of ether oxygens (including phenoxy) is 1. The fourth-order valence-corrected chi connectivity index (χ4v) is 4.13. The molecule has 0 radical (unpaired) electrons.